The van der Waals surface area contributed by atoms with Crippen molar-refractivity contribution in [1.82, 2.24) is 4.98 Å². The Morgan fingerprint density at radius 2 is 1.81 bits per heavy atom. The van der Waals surface area contributed by atoms with Crippen LogP contribution in [0.1, 0.15) is 16.1 Å². The molecule has 0 saturated carbocycles. The summed E-state index contributed by atoms with van der Waals surface area (Å²) in [7, 11) is 0. The van der Waals surface area contributed by atoms with E-state index in [0.29, 0.717) is 10.9 Å². The monoisotopic (exact) mass is 358 g/mol. The molecule has 0 aliphatic carbocycles. The lowest BCUT2D eigenvalue weighted by Crippen LogP contribution is -2.11. The molecular weight excluding hydrogens is 344 g/mol. The zero-order chi connectivity index (χ0) is 17.7. The van der Waals surface area contributed by atoms with Crippen LogP contribution >= 0.6 is 11.3 Å². The van der Waals surface area contributed by atoms with E-state index in [1.807, 2.05) is 61.5 Å². The molecule has 126 valence electrons. The van der Waals surface area contributed by atoms with Gasteiger partial charge in [-0.2, -0.15) is 0 Å². The minimum Gasteiger partial charge on any atom is -0.450 e. The molecule has 0 aliphatic rings. The van der Waals surface area contributed by atoms with E-state index in [1.165, 1.54) is 11.3 Å². The molecule has 4 nitrogen and oxygen atoms in total. The topological polar surface area (TPSA) is 55.1 Å². The second-order valence-corrected chi connectivity index (χ2v) is 7.19. The number of carbonyl (C=O) groups is 1. The lowest BCUT2D eigenvalue weighted by atomic mass is 10.1. The van der Waals surface area contributed by atoms with Crippen molar-refractivity contribution in [2.75, 3.05) is 5.32 Å². The predicted molar refractivity (Wildman–Crippen MR) is 106 cm³/mol. The van der Waals surface area contributed by atoms with Gasteiger partial charge in [0.05, 0.1) is 10.2 Å². The molecule has 0 radical (unpaired) electrons. The zero-order valence-corrected chi connectivity index (χ0v) is 14.8. The Hall–Kier alpha value is -3.18. The fourth-order valence-corrected chi connectivity index (χ4v) is 4.11. The number of nitrogens with one attached hydrogen (secondary N) is 1. The molecule has 0 aliphatic heterocycles. The van der Waals surface area contributed by atoms with Crippen molar-refractivity contribution < 1.29 is 9.21 Å². The van der Waals surface area contributed by atoms with Gasteiger partial charge >= 0.3 is 0 Å². The van der Waals surface area contributed by atoms with E-state index in [0.717, 1.165) is 37.5 Å². The molecule has 0 bridgehead atoms. The van der Waals surface area contributed by atoms with Crippen molar-refractivity contribution in [2.24, 2.45) is 0 Å². The standard InChI is InChI=1S/C21H14N2O2S/c1-12-14-11-10-13-6-2-3-7-15(13)19(14)25-18(12)20(24)23-21-22-16-8-4-5-9-17(16)26-21/h2-11H,1H3,(H,22,23,24). The third-order valence-corrected chi connectivity index (χ3v) is 5.50. The Kier molecular flexibility index (Phi) is 3.30. The second-order valence-electron chi connectivity index (χ2n) is 6.16. The van der Waals surface area contributed by atoms with E-state index in [2.05, 4.69) is 16.4 Å². The van der Waals surface area contributed by atoms with Gasteiger partial charge in [0, 0.05) is 16.3 Å². The summed E-state index contributed by atoms with van der Waals surface area (Å²) >= 11 is 1.45. The smallest absolute Gasteiger partial charge is 0.293 e. The van der Waals surface area contributed by atoms with Crippen LogP contribution in [0.15, 0.2) is 65.1 Å². The van der Waals surface area contributed by atoms with E-state index in [1.54, 1.807) is 0 Å². The first-order valence-electron chi connectivity index (χ1n) is 8.28. The first-order valence-corrected chi connectivity index (χ1v) is 9.10. The fourth-order valence-electron chi connectivity index (χ4n) is 3.25. The maximum Gasteiger partial charge on any atom is 0.293 e. The number of benzene rings is 3. The van der Waals surface area contributed by atoms with Crippen LogP contribution < -0.4 is 5.32 Å². The molecule has 3 aromatic carbocycles. The van der Waals surface area contributed by atoms with E-state index < -0.39 is 0 Å². The summed E-state index contributed by atoms with van der Waals surface area (Å²) in [4.78, 5) is 17.2. The van der Waals surface area contributed by atoms with Gasteiger partial charge in [-0.3, -0.25) is 10.1 Å². The van der Waals surface area contributed by atoms with E-state index in [4.69, 9.17) is 4.42 Å². The van der Waals surface area contributed by atoms with Crippen LogP contribution in [0, 0.1) is 6.92 Å². The third-order valence-electron chi connectivity index (χ3n) is 4.55. The van der Waals surface area contributed by atoms with Gasteiger partial charge < -0.3 is 4.42 Å². The summed E-state index contributed by atoms with van der Waals surface area (Å²) in [6, 6.07) is 19.9. The Bertz CT molecular complexity index is 1270. The molecule has 0 fully saturated rings. The second kappa shape index (κ2) is 5.68. The number of para-hydroxylation sites is 1. The van der Waals surface area contributed by atoms with Crippen LogP contribution in [-0.2, 0) is 0 Å². The quantitative estimate of drug-likeness (QED) is 0.437. The van der Waals surface area contributed by atoms with Gasteiger partial charge in [-0.05, 0) is 24.4 Å². The Morgan fingerprint density at radius 3 is 2.69 bits per heavy atom. The predicted octanol–water partition coefficient (Wildman–Crippen LogP) is 5.76. The number of anilines is 1. The Labute approximate surface area is 153 Å². The number of furan rings is 1. The molecule has 5 heteroatoms. The van der Waals surface area contributed by atoms with E-state index in [9.17, 15) is 4.79 Å². The average Bonchev–Trinajstić information content (AvgIpc) is 3.22. The number of amides is 1. The summed E-state index contributed by atoms with van der Waals surface area (Å²) in [5.41, 5.74) is 2.46. The molecule has 5 rings (SSSR count). The number of hydrogen-bond acceptors (Lipinski definition) is 4. The van der Waals surface area contributed by atoms with Gasteiger partial charge in [0.15, 0.2) is 10.9 Å². The van der Waals surface area contributed by atoms with Crippen molar-refractivity contribution >= 4 is 54.3 Å². The summed E-state index contributed by atoms with van der Waals surface area (Å²) in [6.07, 6.45) is 0. The summed E-state index contributed by atoms with van der Waals surface area (Å²) in [5.74, 6) is 0.0532. The molecule has 0 unspecified atom stereocenters. The summed E-state index contributed by atoms with van der Waals surface area (Å²) in [5, 5.41) is 6.50. The van der Waals surface area contributed by atoms with Crippen molar-refractivity contribution in [3.63, 3.8) is 0 Å². The molecule has 1 N–H and O–H groups in total. The van der Waals surface area contributed by atoms with Crippen molar-refractivity contribution in [3.8, 4) is 0 Å². The number of fused-ring (bicyclic) bond motifs is 4. The maximum absolute atomic E-state index is 12.8. The van der Waals surface area contributed by atoms with Crippen LogP contribution in [-0.4, -0.2) is 10.9 Å². The van der Waals surface area contributed by atoms with E-state index in [-0.39, 0.29) is 5.91 Å². The lowest BCUT2D eigenvalue weighted by molar-refractivity contribution is 0.0998. The SMILES string of the molecule is Cc1c(C(=O)Nc2nc3ccccc3s2)oc2c1ccc1ccccc12. The molecule has 1 amide bonds. The van der Waals surface area contributed by atoms with Crippen LogP contribution in [0.25, 0.3) is 32.0 Å². The van der Waals surface area contributed by atoms with Crippen LogP contribution in [0.2, 0.25) is 0 Å². The molecule has 0 spiro atoms. The first kappa shape index (κ1) is 15.1. The van der Waals surface area contributed by atoms with Crippen molar-refractivity contribution in [1.29, 1.82) is 0 Å². The fraction of sp³-hybridized carbons (Fsp3) is 0.0476. The number of aryl methyl sites for hydroxylation is 1. The minimum absolute atomic E-state index is 0.276. The van der Waals surface area contributed by atoms with Gasteiger partial charge in [-0.1, -0.05) is 59.9 Å². The van der Waals surface area contributed by atoms with Crippen molar-refractivity contribution in [3.05, 3.63) is 72.0 Å². The Balaban J connectivity index is 1.58. The summed E-state index contributed by atoms with van der Waals surface area (Å²) < 4.78 is 7.02. The van der Waals surface area contributed by atoms with Gasteiger partial charge in [0.25, 0.3) is 5.91 Å². The number of rotatable bonds is 2. The van der Waals surface area contributed by atoms with E-state index >= 15 is 0 Å². The number of hydrogen-bond donors (Lipinski definition) is 1. The van der Waals surface area contributed by atoms with Crippen LogP contribution in [0.5, 0.6) is 0 Å². The Morgan fingerprint density at radius 1 is 1.00 bits per heavy atom. The van der Waals surface area contributed by atoms with Crippen molar-refractivity contribution in [2.45, 2.75) is 6.92 Å². The molecule has 2 heterocycles. The van der Waals surface area contributed by atoms with Gasteiger partial charge in [0.1, 0.15) is 5.58 Å². The van der Waals surface area contributed by atoms with Gasteiger partial charge in [-0.15, -0.1) is 0 Å². The van der Waals surface area contributed by atoms with Gasteiger partial charge in [0.2, 0.25) is 0 Å². The average molecular weight is 358 g/mol. The lowest BCUT2D eigenvalue weighted by Gasteiger charge is -1.98. The molecular formula is C21H14N2O2S. The highest BCUT2D eigenvalue weighted by Crippen LogP contribution is 2.32. The zero-order valence-electron chi connectivity index (χ0n) is 13.9. The molecule has 2 aromatic heterocycles. The molecule has 0 saturated heterocycles. The maximum atomic E-state index is 12.8. The largest absolute Gasteiger partial charge is 0.450 e. The highest BCUT2D eigenvalue weighted by atomic mass is 32.1. The first-order chi connectivity index (χ1) is 12.7. The molecule has 26 heavy (non-hydrogen) atoms. The molecule has 5 aromatic rings. The summed E-state index contributed by atoms with van der Waals surface area (Å²) in [6.45, 7) is 1.91. The number of thiazole rings is 1. The highest BCUT2D eigenvalue weighted by Gasteiger charge is 2.20. The van der Waals surface area contributed by atoms with Crippen LogP contribution in [0.4, 0.5) is 5.13 Å². The third kappa shape index (κ3) is 2.29. The number of aromatic nitrogens is 1. The molecule has 0 atom stereocenters. The highest BCUT2D eigenvalue weighted by molar-refractivity contribution is 7.22. The van der Waals surface area contributed by atoms with Crippen LogP contribution in [0.3, 0.4) is 0 Å². The number of nitrogens with zero attached hydrogens (tertiary/aromatic N) is 1. The number of carbonyl (C=O) groups excluding carboxylic acids is 1. The minimum atomic E-state index is -0.276. The van der Waals surface area contributed by atoms with Gasteiger partial charge in [-0.25, -0.2) is 4.98 Å². The normalized spacial score (nSPS) is 11.4.